The minimum Gasteiger partial charge on any atom is -0.466 e. The van der Waals surface area contributed by atoms with E-state index in [1.54, 1.807) is 0 Å². The number of hydrogen-bond acceptors (Lipinski definition) is 3. The van der Waals surface area contributed by atoms with Crippen LogP contribution in [-0.4, -0.2) is 24.2 Å². The van der Waals surface area contributed by atoms with E-state index in [1.165, 1.54) is 48.1 Å². The molecular weight excluding hydrogens is 328 g/mol. The average molecular weight is 355 g/mol. The number of carbonyl (C=O) groups excluding carboxylic acids is 1. The summed E-state index contributed by atoms with van der Waals surface area (Å²) in [5.74, 6) is 0.503. The molecule has 0 radical (unpaired) electrons. The van der Waals surface area contributed by atoms with Crippen LogP contribution in [0.15, 0.2) is 23.1 Å². The average Bonchev–Trinajstić information content (AvgIpc) is 2.55. The lowest BCUT2D eigenvalue weighted by Gasteiger charge is -2.24. The summed E-state index contributed by atoms with van der Waals surface area (Å²) in [6, 6.07) is 6.73. The number of esters is 1. The van der Waals surface area contributed by atoms with Crippen LogP contribution in [0.1, 0.15) is 62.5 Å². The van der Waals surface area contributed by atoms with Gasteiger partial charge in [0.15, 0.2) is 0 Å². The minimum atomic E-state index is -0.212. The highest BCUT2D eigenvalue weighted by Gasteiger charge is 2.19. The van der Waals surface area contributed by atoms with E-state index >= 15 is 0 Å². The molecule has 1 unspecified atom stereocenters. The first-order chi connectivity index (χ1) is 11.1. The number of benzene rings is 1. The number of hydrogen-bond donors (Lipinski definition) is 0. The molecule has 0 N–H and O–H groups in total. The van der Waals surface area contributed by atoms with Gasteiger partial charge >= 0.3 is 5.97 Å². The molecule has 0 bridgehead atoms. The van der Waals surface area contributed by atoms with Gasteiger partial charge in [0.05, 0.1) is 13.0 Å². The van der Waals surface area contributed by atoms with Crippen molar-refractivity contribution in [1.82, 2.24) is 0 Å². The van der Waals surface area contributed by atoms with Crippen molar-refractivity contribution in [2.45, 2.75) is 68.1 Å². The maximum atomic E-state index is 11.5. The van der Waals surface area contributed by atoms with Crippen LogP contribution in [0, 0.1) is 0 Å². The molecule has 1 atom stereocenters. The number of thioether (sulfide) groups is 1. The quantitative estimate of drug-likeness (QED) is 0.364. The van der Waals surface area contributed by atoms with Gasteiger partial charge in [0, 0.05) is 10.3 Å². The Morgan fingerprint density at radius 2 is 2.09 bits per heavy atom. The largest absolute Gasteiger partial charge is 0.466 e. The van der Waals surface area contributed by atoms with Gasteiger partial charge in [-0.2, -0.15) is 0 Å². The van der Waals surface area contributed by atoms with Gasteiger partial charge in [0.25, 0.3) is 0 Å². The van der Waals surface area contributed by atoms with Crippen LogP contribution >= 0.6 is 23.4 Å². The summed E-state index contributed by atoms with van der Waals surface area (Å²) in [5.41, 5.74) is 2.70. The standard InChI is InChI=1S/C19H27ClO2S/c1-3-22-19(21)13-16(20)11-14-9-10-17(18(12-14)23-2)15-7-5-4-6-8-15/h9-10,12,15-16H,3-8,11,13H2,1-2H3. The normalized spacial score (nSPS) is 17.0. The molecule has 1 aromatic rings. The van der Waals surface area contributed by atoms with Crippen molar-refractivity contribution in [1.29, 1.82) is 0 Å². The zero-order valence-electron chi connectivity index (χ0n) is 14.1. The Hall–Kier alpha value is -0.670. The van der Waals surface area contributed by atoms with E-state index in [-0.39, 0.29) is 17.8 Å². The fourth-order valence-corrected chi connectivity index (χ4v) is 4.41. The fraction of sp³-hybridized carbons (Fsp3) is 0.632. The molecule has 0 spiro atoms. The van der Waals surface area contributed by atoms with E-state index in [1.807, 2.05) is 18.7 Å². The van der Waals surface area contributed by atoms with Gasteiger partial charge < -0.3 is 4.74 Å². The maximum absolute atomic E-state index is 11.5. The Morgan fingerprint density at radius 3 is 2.74 bits per heavy atom. The number of ether oxygens (including phenoxy) is 1. The monoisotopic (exact) mass is 354 g/mol. The van der Waals surface area contributed by atoms with Gasteiger partial charge in [-0.1, -0.05) is 31.4 Å². The van der Waals surface area contributed by atoms with E-state index in [2.05, 4.69) is 24.5 Å². The molecule has 1 aliphatic rings. The van der Waals surface area contributed by atoms with Gasteiger partial charge in [-0.3, -0.25) is 4.79 Å². The number of rotatable bonds is 7. The van der Waals surface area contributed by atoms with Gasteiger partial charge in [-0.05, 0) is 55.6 Å². The third kappa shape index (κ3) is 5.72. The molecule has 4 heteroatoms. The molecule has 23 heavy (non-hydrogen) atoms. The summed E-state index contributed by atoms with van der Waals surface area (Å²) in [6.07, 6.45) is 9.83. The molecule has 0 aromatic heterocycles. The van der Waals surface area contributed by atoms with Gasteiger partial charge in [-0.25, -0.2) is 0 Å². The summed E-state index contributed by atoms with van der Waals surface area (Å²) >= 11 is 8.14. The van der Waals surface area contributed by atoms with E-state index < -0.39 is 0 Å². The molecule has 0 aliphatic heterocycles. The number of alkyl halides is 1. The molecule has 1 aromatic carbocycles. The van der Waals surface area contributed by atoms with Gasteiger partial charge in [0.1, 0.15) is 0 Å². The Bertz CT molecular complexity index is 512. The lowest BCUT2D eigenvalue weighted by Crippen LogP contribution is -2.14. The van der Waals surface area contributed by atoms with Crippen molar-refractivity contribution in [2.75, 3.05) is 12.9 Å². The fourth-order valence-electron chi connectivity index (χ4n) is 3.36. The first kappa shape index (κ1) is 18.7. The van der Waals surface area contributed by atoms with E-state index in [9.17, 15) is 4.79 Å². The lowest BCUT2D eigenvalue weighted by molar-refractivity contribution is -0.143. The molecule has 2 nitrogen and oxygen atoms in total. The Balaban J connectivity index is 2.01. The van der Waals surface area contributed by atoms with Gasteiger partial charge in [-0.15, -0.1) is 23.4 Å². The summed E-state index contributed by atoms with van der Waals surface area (Å²) in [5, 5.41) is -0.204. The van der Waals surface area contributed by atoms with E-state index in [0.717, 1.165) is 0 Å². The highest BCUT2D eigenvalue weighted by molar-refractivity contribution is 7.98. The van der Waals surface area contributed by atoms with Crippen molar-refractivity contribution >= 4 is 29.3 Å². The maximum Gasteiger partial charge on any atom is 0.307 e. The summed E-state index contributed by atoms with van der Waals surface area (Å²) in [4.78, 5) is 12.9. The molecule has 128 valence electrons. The Morgan fingerprint density at radius 1 is 1.35 bits per heavy atom. The van der Waals surface area contributed by atoms with Crippen LogP contribution in [0.25, 0.3) is 0 Å². The van der Waals surface area contributed by atoms with Crippen LogP contribution in [0.2, 0.25) is 0 Å². The van der Waals surface area contributed by atoms with Crippen LogP contribution in [-0.2, 0) is 16.0 Å². The topological polar surface area (TPSA) is 26.3 Å². The lowest BCUT2D eigenvalue weighted by atomic mass is 9.83. The second kappa shape index (κ2) is 9.58. The number of halogens is 1. The first-order valence-electron chi connectivity index (χ1n) is 8.60. The second-order valence-electron chi connectivity index (χ2n) is 6.22. The predicted octanol–water partition coefficient (Wildman–Crippen LogP) is 5.56. The van der Waals surface area contributed by atoms with Crippen LogP contribution < -0.4 is 0 Å². The highest BCUT2D eigenvalue weighted by Crippen LogP contribution is 2.37. The predicted molar refractivity (Wildman–Crippen MR) is 98.6 cm³/mol. The van der Waals surface area contributed by atoms with E-state index in [0.29, 0.717) is 18.9 Å². The summed E-state index contributed by atoms with van der Waals surface area (Å²) in [7, 11) is 0. The van der Waals surface area contributed by atoms with Crippen LogP contribution in [0.5, 0.6) is 0 Å². The molecule has 0 heterocycles. The van der Waals surface area contributed by atoms with Crippen LogP contribution in [0.4, 0.5) is 0 Å². The minimum absolute atomic E-state index is 0.204. The third-order valence-electron chi connectivity index (χ3n) is 4.49. The molecule has 1 fully saturated rings. The smallest absolute Gasteiger partial charge is 0.307 e. The molecule has 0 saturated heterocycles. The molecule has 0 amide bonds. The summed E-state index contributed by atoms with van der Waals surface area (Å²) in [6.45, 7) is 2.23. The second-order valence-corrected chi connectivity index (χ2v) is 7.69. The summed E-state index contributed by atoms with van der Waals surface area (Å²) < 4.78 is 4.97. The van der Waals surface area contributed by atoms with E-state index in [4.69, 9.17) is 16.3 Å². The Kier molecular flexibility index (Phi) is 7.78. The first-order valence-corrected chi connectivity index (χ1v) is 10.3. The van der Waals surface area contributed by atoms with Gasteiger partial charge in [0.2, 0.25) is 0 Å². The van der Waals surface area contributed by atoms with Crippen molar-refractivity contribution in [3.8, 4) is 0 Å². The zero-order valence-corrected chi connectivity index (χ0v) is 15.7. The van der Waals surface area contributed by atoms with Crippen molar-refractivity contribution in [3.05, 3.63) is 29.3 Å². The third-order valence-corrected chi connectivity index (χ3v) is 5.60. The molecular formula is C19H27ClO2S. The highest BCUT2D eigenvalue weighted by atomic mass is 35.5. The Labute approximate surface area is 149 Å². The van der Waals surface area contributed by atoms with Crippen molar-refractivity contribution in [3.63, 3.8) is 0 Å². The molecule has 2 rings (SSSR count). The van der Waals surface area contributed by atoms with Crippen molar-refractivity contribution < 1.29 is 9.53 Å². The zero-order chi connectivity index (χ0) is 16.7. The van der Waals surface area contributed by atoms with Crippen molar-refractivity contribution in [2.24, 2.45) is 0 Å². The van der Waals surface area contributed by atoms with Crippen LogP contribution in [0.3, 0.4) is 0 Å². The molecule has 1 saturated carbocycles. The SMILES string of the molecule is CCOC(=O)CC(Cl)Cc1ccc(C2CCCCC2)c(SC)c1. The number of carbonyl (C=O) groups is 1. The molecule has 1 aliphatic carbocycles.